The molecule has 2 saturated heterocycles. The summed E-state index contributed by atoms with van der Waals surface area (Å²) < 4.78 is 0. The summed E-state index contributed by atoms with van der Waals surface area (Å²) in [5, 5.41) is 19.6. The van der Waals surface area contributed by atoms with Crippen LogP contribution in [0.4, 0.5) is 5.69 Å². The third-order valence-electron chi connectivity index (χ3n) is 3.53. The number of carbonyl (C=O) groups is 2. The lowest BCUT2D eigenvalue weighted by Crippen LogP contribution is -2.51. The average Bonchev–Trinajstić information content (AvgIpc) is 2.74. The molecule has 8 heteroatoms. The lowest BCUT2D eigenvalue weighted by Gasteiger charge is -2.29. The zero-order valence-corrected chi connectivity index (χ0v) is 12.4. The van der Waals surface area contributed by atoms with Gasteiger partial charge in [-0.25, -0.2) is 14.6 Å². The summed E-state index contributed by atoms with van der Waals surface area (Å²) in [4.78, 5) is 25.6. The molecule has 0 bridgehead atoms. The lowest BCUT2D eigenvalue weighted by molar-refractivity contribution is -0.134. The van der Waals surface area contributed by atoms with Gasteiger partial charge in [-0.3, -0.25) is 0 Å². The van der Waals surface area contributed by atoms with Crippen molar-refractivity contribution in [1.29, 1.82) is 0 Å². The summed E-state index contributed by atoms with van der Waals surface area (Å²) >= 11 is 5.75. The van der Waals surface area contributed by atoms with Gasteiger partial charge in [-0.2, -0.15) is 0 Å². The van der Waals surface area contributed by atoms with Gasteiger partial charge < -0.3 is 20.4 Å². The Bertz CT molecular complexity index is 548. The number of carboxylic acid groups (broad SMARTS) is 2. The summed E-state index contributed by atoms with van der Waals surface area (Å²) in [6, 6.07) is 4.59. The minimum atomic E-state index is -1.26. The van der Waals surface area contributed by atoms with Crippen LogP contribution in [0.25, 0.3) is 0 Å². The fraction of sp³-hybridized carbons (Fsp3) is 0.357. The standard InChI is InChI=1S/C10H12ClN3.C4H4O4/c11-10-2-1-8(4-13-10)14-5-7-3-12-9(7)6-14;5-3(6)1-2-4(7)8/h1-2,4,7,9,12H,3,5-6H2;1-2H,(H,5,6)(H,7,8). The largest absolute Gasteiger partial charge is 0.478 e. The Morgan fingerprint density at radius 3 is 2.32 bits per heavy atom. The molecule has 22 heavy (non-hydrogen) atoms. The van der Waals surface area contributed by atoms with E-state index >= 15 is 0 Å². The number of fused-ring (bicyclic) bond motifs is 1. The van der Waals surface area contributed by atoms with E-state index in [1.165, 1.54) is 12.2 Å². The van der Waals surface area contributed by atoms with Gasteiger partial charge in [-0.05, 0) is 12.1 Å². The molecular formula is C14H16ClN3O4. The number of halogens is 1. The van der Waals surface area contributed by atoms with Crippen LogP contribution in [0, 0.1) is 5.92 Å². The molecule has 2 fully saturated rings. The number of anilines is 1. The van der Waals surface area contributed by atoms with Crippen LogP contribution in [-0.4, -0.2) is 52.8 Å². The van der Waals surface area contributed by atoms with Gasteiger partial charge in [0.15, 0.2) is 0 Å². The average molecular weight is 326 g/mol. The smallest absolute Gasteiger partial charge is 0.328 e. The third-order valence-corrected chi connectivity index (χ3v) is 3.75. The van der Waals surface area contributed by atoms with Crippen molar-refractivity contribution in [1.82, 2.24) is 10.3 Å². The molecule has 0 aromatic carbocycles. The maximum absolute atomic E-state index is 9.55. The van der Waals surface area contributed by atoms with Crippen LogP contribution in [0.5, 0.6) is 0 Å². The van der Waals surface area contributed by atoms with Gasteiger partial charge in [-0.1, -0.05) is 11.6 Å². The Balaban J connectivity index is 0.000000192. The van der Waals surface area contributed by atoms with E-state index in [0.29, 0.717) is 23.3 Å². The maximum Gasteiger partial charge on any atom is 0.328 e. The highest BCUT2D eigenvalue weighted by Gasteiger charge is 2.38. The fourth-order valence-electron chi connectivity index (χ4n) is 2.36. The number of pyridine rings is 1. The Kier molecular flexibility index (Phi) is 5.35. The number of rotatable bonds is 3. The molecule has 2 aliphatic heterocycles. The van der Waals surface area contributed by atoms with Gasteiger partial charge in [-0.15, -0.1) is 0 Å². The molecule has 2 aliphatic rings. The maximum atomic E-state index is 9.55. The number of hydrogen-bond donors (Lipinski definition) is 3. The molecule has 3 rings (SSSR count). The zero-order valence-electron chi connectivity index (χ0n) is 11.6. The lowest BCUT2D eigenvalue weighted by atomic mass is 9.96. The van der Waals surface area contributed by atoms with Crippen LogP contribution in [0.3, 0.4) is 0 Å². The molecule has 0 saturated carbocycles. The van der Waals surface area contributed by atoms with Crippen LogP contribution < -0.4 is 10.2 Å². The predicted octanol–water partition coefficient (Wildman–Crippen LogP) is 0.855. The number of nitrogens with one attached hydrogen (secondary N) is 1. The van der Waals surface area contributed by atoms with Crippen LogP contribution >= 0.6 is 11.6 Å². The second-order valence-corrected chi connectivity index (χ2v) is 5.42. The van der Waals surface area contributed by atoms with Crippen molar-refractivity contribution in [2.24, 2.45) is 5.92 Å². The Morgan fingerprint density at radius 2 is 1.95 bits per heavy atom. The molecular weight excluding hydrogens is 310 g/mol. The molecule has 118 valence electrons. The Morgan fingerprint density at radius 1 is 1.27 bits per heavy atom. The highest BCUT2D eigenvalue weighted by atomic mass is 35.5. The van der Waals surface area contributed by atoms with Crippen molar-refractivity contribution in [3.8, 4) is 0 Å². The van der Waals surface area contributed by atoms with Crippen molar-refractivity contribution >= 4 is 29.2 Å². The topological polar surface area (TPSA) is 103 Å². The normalized spacial score (nSPS) is 22.5. The van der Waals surface area contributed by atoms with E-state index in [-0.39, 0.29) is 0 Å². The van der Waals surface area contributed by atoms with Crippen LogP contribution in [0.15, 0.2) is 30.5 Å². The zero-order chi connectivity index (χ0) is 16.1. The van der Waals surface area contributed by atoms with E-state index in [9.17, 15) is 9.59 Å². The van der Waals surface area contributed by atoms with Crippen molar-refractivity contribution in [2.75, 3.05) is 24.5 Å². The molecule has 3 N–H and O–H groups in total. The first-order chi connectivity index (χ1) is 10.5. The van der Waals surface area contributed by atoms with Gasteiger partial charge in [0, 0.05) is 43.7 Å². The second-order valence-electron chi connectivity index (χ2n) is 5.03. The second kappa shape index (κ2) is 7.24. The Labute approximate surface area is 132 Å². The summed E-state index contributed by atoms with van der Waals surface area (Å²) in [5.74, 6) is -1.68. The number of hydrogen-bond acceptors (Lipinski definition) is 5. The van der Waals surface area contributed by atoms with E-state index in [1.807, 2.05) is 18.3 Å². The first-order valence-electron chi connectivity index (χ1n) is 6.69. The highest BCUT2D eigenvalue weighted by molar-refractivity contribution is 6.29. The molecule has 0 spiro atoms. The molecule has 2 unspecified atom stereocenters. The monoisotopic (exact) mass is 325 g/mol. The third kappa shape index (κ3) is 4.44. The van der Waals surface area contributed by atoms with E-state index < -0.39 is 11.9 Å². The van der Waals surface area contributed by atoms with Gasteiger partial charge in [0.05, 0.1) is 11.9 Å². The summed E-state index contributed by atoms with van der Waals surface area (Å²) in [6.07, 6.45) is 2.97. The molecule has 2 atom stereocenters. The number of carboxylic acids is 2. The highest BCUT2D eigenvalue weighted by Crippen LogP contribution is 2.28. The molecule has 1 aromatic rings. The molecule has 3 heterocycles. The van der Waals surface area contributed by atoms with Crippen LogP contribution in [0.2, 0.25) is 5.15 Å². The predicted molar refractivity (Wildman–Crippen MR) is 81.2 cm³/mol. The minimum Gasteiger partial charge on any atom is -0.478 e. The molecule has 1 aromatic heterocycles. The van der Waals surface area contributed by atoms with Crippen LogP contribution in [-0.2, 0) is 9.59 Å². The van der Waals surface area contributed by atoms with E-state index in [4.69, 9.17) is 21.8 Å². The fourth-order valence-corrected chi connectivity index (χ4v) is 2.47. The van der Waals surface area contributed by atoms with Crippen molar-refractivity contribution < 1.29 is 19.8 Å². The number of aromatic nitrogens is 1. The van der Waals surface area contributed by atoms with E-state index in [1.54, 1.807) is 0 Å². The van der Waals surface area contributed by atoms with Gasteiger partial charge in [0.1, 0.15) is 5.15 Å². The SMILES string of the molecule is Clc1ccc(N2CC3CNC3C2)cn1.O=C(O)C=CC(=O)O. The van der Waals surface area contributed by atoms with E-state index in [2.05, 4.69) is 15.2 Å². The van der Waals surface area contributed by atoms with E-state index in [0.717, 1.165) is 19.0 Å². The first kappa shape index (κ1) is 16.3. The van der Waals surface area contributed by atoms with Crippen LogP contribution in [0.1, 0.15) is 0 Å². The van der Waals surface area contributed by atoms with Gasteiger partial charge in [0.2, 0.25) is 0 Å². The quantitative estimate of drug-likeness (QED) is 0.559. The van der Waals surface area contributed by atoms with Crippen molar-refractivity contribution in [2.45, 2.75) is 6.04 Å². The molecule has 0 aliphatic carbocycles. The van der Waals surface area contributed by atoms with Gasteiger partial charge >= 0.3 is 11.9 Å². The molecule has 0 radical (unpaired) electrons. The molecule has 0 amide bonds. The first-order valence-corrected chi connectivity index (χ1v) is 7.07. The van der Waals surface area contributed by atoms with Gasteiger partial charge in [0.25, 0.3) is 0 Å². The molecule has 7 nitrogen and oxygen atoms in total. The minimum absolute atomic E-state index is 0.558. The Hall–Kier alpha value is -2.12. The summed E-state index contributed by atoms with van der Waals surface area (Å²) in [5.41, 5.74) is 1.19. The van der Waals surface area contributed by atoms with Crippen molar-refractivity contribution in [3.63, 3.8) is 0 Å². The number of nitrogens with zero attached hydrogens (tertiary/aromatic N) is 2. The number of aliphatic carboxylic acids is 2. The summed E-state index contributed by atoms with van der Waals surface area (Å²) in [7, 11) is 0. The summed E-state index contributed by atoms with van der Waals surface area (Å²) in [6.45, 7) is 3.43. The van der Waals surface area contributed by atoms with Crippen molar-refractivity contribution in [3.05, 3.63) is 35.6 Å².